The fourth-order valence-electron chi connectivity index (χ4n) is 6.38. The number of unbranched alkanes of at least 4 members (excludes halogenated alkanes) is 1. The molecule has 0 aliphatic carbocycles. The Kier molecular flexibility index (Phi) is 17.9. The van der Waals surface area contributed by atoms with Crippen LogP contribution in [0.1, 0.15) is 103 Å². The molecule has 0 saturated carbocycles. The molecule has 11 heteroatoms. The van der Waals surface area contributed by atoms with Crippen LogP contribution in [-0.2, 0) is 25.7 Å². The van der Waals surface area contributed by atoms with Crippen molar-refractivity contribution in [3.63, 3.8) is 0 Å². The zero-order valence-corrected chi connectivity index (χ0v) is 33.1. The van der Waals surface area contributed by atoms with Crippen LogP contribution in [0.3, 0.4) is 0 Å². The molecule has 0 heterocycles. The molecule has 0 bridgehead atoms. The summed E-state index contributed by atoms with van der Waals surface area (Å²) in [7, 11) is 0. The van der Waals surface area contributed by atoms with E-state index in [0.29, 0.717) is 31.5 Å². The van der Waals surface area contributed by atoms with E-state index in [1.165, 1.54) is 0 Å². The van der Waals surface area contributed by atoms with Crippen molar-refractivity contribution in [2.45, 2.75) is 124 Å². The lowest BCUT2D eigenvalue weighted by molar-refractivity contribution is -0.131. The number of rotatable bonds is 22. The van der Waals surface area contributed by atoms with Crippen molar-refractivity contribution in [2.75, 3.05) is 11.9 Å². The number of nitrogens with one attached hydrogen (secondary N) is 4. The molecule has 0 radical (unpaired) electrons. The Hall–Kier alpha value is -4.48. The second-order valence-corrected chi connectivity index (χ2v) is 15.3. The minimum atomic E-state index is -1.07. The first kappa shape index (κ1) is 43.9. The van der Waals surface area contributed by atoms with Gasteiger partial charge in [-0.2, -0.15) is 0 Å². The Labute approximate surface area is 321 Å². The average Bonchev–Trinajstić information content (AvgIpc) is 3.13. The predicted molar refractivity (Wildman–Crippen MR) is 214 cm³/mol. The van der Waals surface area contributed by atoms with Crippen LogP contribution in [0.15, 0.2) is 66.7 Å². The van der Waals surface area contributed by atoms with Crippen molar-refractivity contribution in [2.24, 2.45) is 17.8 Å². The Morgan fingerprint density at radius 3 is 2.07 bits per heavy atom. The van der Waals surface area contributed by atoms with E-state index >= 15 is 0 Å². The summed E-state index contributed by atoms with van der Waals surface area (Å²) in [5, 5.41) is 35.3. The van der Waals surface area contributed by atoms with E-state index in [4.69, 9.17) is 4.74 Å². The highest BCUT2D eigenvalue weighted by atomic mass is 16.5. The number of hydrogen-bond donors (Lipinski definition) is 6. The maximum atomic E-state index is 13.9. The fourth-order valence-corrected chi connectivity index (χ4v) is 6.38. The number of amides is 3. The molecule has 0 spiro atoms. The molecule has 54 heavy (non-hydrogen) atoms. The zero-order chi connectivity index (χ0) is 39.8. The molecule has 296 valence electrons. The quantitative estimate of drug-likeness (QED) is 0.0670. The Morgan fingerprint density at radius 1 is 0.741 bits per heavy atom. The number of ether oxygens (including phenoxy) is 1. The molecule has 0 saturated heterocycles. The third-order valence-corrected chi connectivity index (χ3v) is 9.32. The lowest BCUT2D eigenvalue weighted by Gasteiger charge is -2.31. The van der Waals surface area contributed by atoms with Gasteiger partial charge in [-0.05, 0) is 68.4 Å². The second kappa shape index (κ2) is 22.0. The van der Waals surface area contributed by atoms with Gasteiger partial charge in [-0.1, -0.05) is 108 Å². The zero-order valence-electron chi connectivity index (χ0n) is 33.1. The molecule has 0 aromatic heterocycles. The van der Waals surface area contributed by atoms with Crippen LogP contribution >= 0.6 is 0 Å². The summed E-state index contributed by atoms with van der Waals surface area (Å²) in [5.74, 6) is -1.96. The maximum absolute atomic E-state index is 13.9. The van der Waals surface area contributed by atoms with E-state index in [1.807, 2.05) is 95.3 Å². The molecule has 0 fully saturated rings. The van der Waals surface area contributed by atoms with E-state index in [-0.39, 0.29) is 42.8 Å². The van der Waals surface area contributed by atoms with Crippen LogP contribution < -0.4 is 21.3 Å². The van der Waals surface area contributed by atoms with Gasteiger partial charge in [0.1, 0.15) is 18.7 Å². The topological polar surface area (TPSA) is 166 Å². The second-order valence-electron chi connectivity index (χ2n) is 15.3. The fraction of sp³-hybridized carbons (Fsp3) is 0.535. The number of carbonyl (C=O) groups excluding carboxylic acids is 4. The average molecular weight is 747 g/mol. The third-order valence-electron chi connectivity index (χ3n) is 9.32. The van der Waals surface area contributed by atoms with Gasteiger partial charge in [0.2, 0.25) is 17.7 Å². The standard InChI is InChI=1S/C43H62N4O7/c1-8-9-19-36(42(52)47-37(22-27(2)3)38(49)24-33(23-29(6)48)41(51)44-25-28(4)5)46-40(50)30(7)45-39-34-18-14-13-17-32(34)20-21-35(39)43(53)54-26-31-15-11-10-12-16-31/h10-18,20-21,27-30,33,36-38,45,48-49H,8-9,19,22-26H2,1-7H3,(H,44,51)(H,46,50)(H,47,52)/t29?,30?,33?,36-,37-,38-/m0/s1. The Balaban J connectivity index is 1.79. The number of fused-ring (bicyclic) bond motifs is 1. The van der Waals surface area contributed by atoms with Gasteiger partial charge in [0, 0.05) is 17.8 Å². The smallest absolute Gasteiger partial charge is 0.340 e. The molecular formula is C43H62N4O7. The number of aliphatic hydroxyl groups is 2. The first-order valence-electron chi connectivity index (χ1n) is 19.4. The van der Waals surface area contributed by atoms with Crippen molar-refractivity contribution in [3.8, 4) is 0 Å². The summed E-state index contributed by atoms with van der Waals surface area (Å²) in [6.07, 6.45) is 0.691. The monoisotopic (exact) mass is 746 g/mol. The number of hydrogen-bond acceptors (Lipinski definition) is 8. The molecule has 3 unspecified atom stereocenters. The first-order chi connectivity index (χ1) is 25.7. The molecule has 11 nitrogen and oxygen atoms in total. The molecule has 3 aromatic carbocycles. The van der Waals surface area contributed by atoms with Crippen LogP contribution in [0.4, 0.5) is 5.69 Å². The van der Waals surface area contributed by atoms with E-state index in [2.05, 4.69) is 21.3 Å². The summed E-state index contributed by atoms with van der Waals surface area (Å²) in [5.41, 5.74) is 1.58. The van der Waals surface area contributed by atoms with Gasteiger partial charge in [0.05, 0.1) is 29.5 Å². The summed E-state index contributed by atoms with van der Waals surface area (Å²) in [4.78, 5) is 54.2. The van der Waals surface area contributed by atoms with Gasteiger partial charge >= 0.3 is 5.97 Å². The van der Waals surface area contributed by atoms with Gasteiger partial charge in [0.15, 0.2) is 0 Å². The molecule has 6 N–H and O–H groups in total. The predicted octanol–water partition coefficient (Wildman–Crippen LogP) is 6.11. The first-order valence-corrected chi connectivity index (χ1v) is 19.4. The lowest BCUT2D eigenvalue weighted by Crippen LogP contribution is -2.55. The van der Waals surface area contributed by atoms with Crippen LogP contribution in [-0.4, -0.2) is 70.8 Å². The van der Waals surface area contributed by atoms with Crippen molar-refractivity contribution in [1.29, 1.82) is 0 Å². The molecule has 3 rings (SSSR count). The summed E-state index contributed by atoms with van der Waals surface area (Å²) >= 11 is 0. The third kappa shape index (κ3) is 14.1. The minimum Gasteiger partial charge on any atom is -0.457 e. The SMILES string of the molecule is CCCC[C@H](NC(=O)C(C)Nc1c(C(=O)OCc2ccccc2)ccc2ccccc12)C(=O)N[C@@H](CC(C)C)[C@@H](O)CC(CC(C)O)C(=O)NCC(C)C. The highest BCUT2D eigenvalue weighted by molar-refractivity contribution is 6.07. The molecule has 3 amide bonds. The van der Waals surface area contributed by atoms with Crippen molar-refractivity contribution >= 4 is 40.2 Å². The molecule has 6 atom stereocenters. The van der Waals surface area contributed by atoms with Gasteiger partial charge < -0.3 is 36.2 Å². The maximum Gasteiger partial charge on any atom is 0.340 e. The van der Waals surface area contributed by atoms with Gasteiger partial charge in [-0.25, -0.2) is 4.79 Å². The van der Waals surface area contributed by atoms with E-state index in [1.54, 1.807) is 19.9 Å². The lowest BCUT2D eigenvalue weighted by atomic mass is 9.88. The summed E-state index contributed by atoms with van der Waals surface area (Å²) in [6, 6.07) is 18.0. The minimum absolute atomic E-state index is 0.0561. The van der Waals surface area contributed by atoms with Crippen molar-refractivity contribution in [3.05, 3.63) is 77.9 Å². The van der Waals surface area contributed by atoms with E-state index < -0.39 is 54.0 Å². The highest BCUT2D eigenvalue weighted by Crippen LogP contribution is 2.29. The van der Waals surface area contributed by atoms with Crippen LogP contribution in [0.25, 0.3) is 10.8 Å². The molecule has 0 aliphatic rings. The van der Waals surface area contributed by atoms with Crippen LogP contribution in [0.5, 0.6) is 0 Å². The number of benzene rings is 3. The van der Waals surface area contributed by atoms with Crippen molar-refractivity contribution in [1.82, 2.24) is 16.0 Å². The Bertz CT molecular complexity index is 1650. The van der Waals surface area contributed by atoms with Gasteiger partial charge in [-0.3, -0.25) is 14.4 Å². The number of aliphatic hydroxyl groups excluding tert-OH is 2. The van der Waals surface area contributed by atoms with E-state index in [0.717, 1.165) is 22.8 Å². The largest absolute Gasteiger partial charge is 0.457 e. The van der Waals surface area contributed by atoms with Crippen LogP contribution in [0.2, 0.25) is 0 Å². The van der Waals surface area contributed by atoms with Crippen LogP contribution in [0, 0.1) is 17.8 Å². The molecule has 3 aromatic rings. The van der Waals surface area contributed by atoms with Gasteiger partial charge in [-0.15, -0.1) is 0 Å². The van der Waals surface area contributed by atoms with Gasteiger partial charge in [0.25, 0.3) is 0 Å². The van der Waals surface area contributed by atoms with E-state index in [9.17, 15) is 29.4 Å². The molecule has 0 aliphatic heterocycles. The highest BCUT2D eigenvalue weighted by Gasteiger charge is 2.32. The Morgan fingerprint density at radius 2 is 1.43 bits per heavy atom. The normalized spacial score (nSPS) is 14.8. The number of anilines is 1. The summed E-state index contributed by atoms with van der Waals surface area (Å²) in [6.45, 7) is 13.8. The number of esters is 1. The van der Waals surface area contributed by atoms with Crippen molar-refractivity contribution < 1.29 is 34.1 Å². The summed E-state index contributed by atoms with van der Waals surface area (Å²) < 4.78 is 5.66. The molecular weight excluding hydrogens is 684 g/mol. The number of carbonyl (C=O) groups is 4.